The van der Waals surface area contributed by atoms with Crippen molar-refractivity contribution in [1.29, 1.82) is 0 Å². The molecule has 0 bridgehead atoms. The molecule has 0 amide bonds. The monoisotopic (exact) mass is 388 g/mol. The molecule has 0 aliphatic carbocycles. The van der Waals surface area contributed by atoms with Crippen molar-refractivity contribution in [2.24, 2.45) is 0 Å². The van der Waals surface area contributed by atoms with Gasteiger partial charge in [-0.3, -0.25) is 4.79 Å². The molecule has 0 saturated heterocycles. The molecule has 4 nitrogen and oxygen atoms in total. The first-order chi connectivity index (χ1) is 11.0. The average Bonchev–Trinajstić information content (AvgIpc) is 2.39. The maximum atomic E-state index is 10.6. The molecule has 0 N–H and O–H groups in total. The molecule has 0 saturated carbocycles. The summed E-state index contributed by atoms with van der Waals surface area (Å²) in [5, 5.41) is 0.438. The largest absolute Gasteiger partial charge is 0.413 e. The molecule has 0 aromatic rings. The van der Waals surface area contributed by atoms with Crippen molar-refractivity contribution in [3.05, 3.63) is 12.2 Å². The van der Waals surface area contributed by atoms with Crippen LogP contribution in [0.3, 0.4) is 0 Å². The van der Waals surface area contributed by atoms with Crippen molar-refractivity contribution >= 4 is 28.7 Å². The van der Waals surface area contributed by atoms with E-state index in [1.807, 2.05) is 0 Å². The minimum Gasteiger partial charge on any atom is -0.413 e. The van der Waals surface area contributed by atoms with Gasteiger partial charge < -0.3 is 13.6 Å². The molecule has 148 valence electrons. The molecular formula is C19H40O4Si2. The Labute approximate surface area is 157 Å². The number of hydrogen-bond acceptors (Lipinski definition) is 4. The van der Waals surface area contributed by atoms with Crippen LogP contribution in [0, 0.1) is 0 Å². The van der Waals surface area contributed by atoms with Gasteiger partial charge in [0.1, 0.15) is 6.29 Å². The maximum absolute atomic E-state index is 10.6. The van der Waals surface area contributed by atoms with Crippen LogP contribution in [0.4, 0.5) is 0 Å². The quantitative estimate of drug-likeness (QED) is 0.335. The predicted molar refractivity (Wildman–Crippen MR) is 112 cm³/mol. The van der Waals surface area contributed by atoms with E-state index in [0.717, 1.165) is 6.29 Å². The molecule has 0 fully saturated rings. The van der Waals surface area contributed by atoms with Crippen LogP contribution < -0.4 is 0 Å². The summed E-state index contributed by atoms with van der Waals surface area (Å²) in [6, 6.07) is 0. The zero-order valence-corrected chi connectivity index (χ0v) is 20.3. The minimum atomic E-state index is -1.66. The molecule has 0 heterocycles. The Morgan fingerprint density at radius 1 is 0.840 bits per heavy atom. The summed E-state index contributed by atoms with van der Waals surface area (Å²) in [4.78, 5) is 20.7. The standard InChI is InChI=1S/C11H22O2Si.C8H18O2Si/c1-10(12)8-7-9-13-14(5,6)11(2,3)4;1-8(2,3)11(4,5)10-7-6-9/h7-8H,9H2,1-6H3;6H,7H2,1-5H3/b8-7+;. The van der Waals surface area contributed by atoms with E-state index >= 15 is 0 Å². The van der Waals surface area contributed by atoms with E-state index in [2.05, 4.69) is 67.7 Å². The van der Waals surface area contributed by atoms with Crippen LogP contribution in [0.5, 0.6) is 0 Å². The van der Waals surface area contributed by atoms with Crippen LogP contribution in [-0.4, -0.2) is 41.9 Å². The fraction of sp³-hybridized carbons (Fsp3) is 0.789. The summed E-state index contributed by atoms with van der Waals surface area (Å²) >= 11 is 0. The van der Waals surface area contributed by atoms with Gasteiger partial charge in [-0.25, -0.2) is 0 Å². The maximum Gasteiger partial charge on any atom is 0.192 e. The highest BCUT2D eigenvalue weighted by molar-refractivity contribution is 6.74. The van der Waals surface area contributed by atoms with Crippen LogP contribution in [0.1, 0.15) is 48.5 Å². The number of ketones is 1. The smallest absolute Gasteiger partial charge is 0.192 e. The fourth-order valence-electron chi connectivity index (χ4n) is 1.15. The number of allylic oxidation sites excluding steroid dienone is 1. The van der Waals surface area contributed by atoms with Crippen LogP contribution in [0.15, 0.2) is 12.2 Å². The Kier molecular flexibility index (Phi) is 11.3. The number of hydrogen-bond donors (Lipinski definition) is 0. The van der Waals surface area contributed by atoms with Crippen molar-refractivity contribution in [3.63, 3.8) is 0 Å². The van der Waals surface area contributed by atoms with Gasteiger partial charge in [0.2, 0.25) is 0 Å². The van der Waals surface area contributed by atoms with Gasteiger partial charge in [-0.05, 0) is 49.3 Å². The summed E-state index contributed by atoms with van der Waals surface area (Å²) in [5.74, 6) is 0.0730. The molecule has 0 unspecified atom stereocenters. The van der Waals surface area contributed by atoms with Gasteiger partial charge in [-0.1, -0.05) is 47.6 Å². The van der Waals surface area contributed by atoms with E-state index in [-0.39, 0.29) is 22.5 Å². The normalized spacial score (nSPS) is 13.4. The second-order valence-corrected chi connectivity index (χ2v) is 18.9. The molecule has 0 aliphatic rings. The van der Waals surface area contributed by atoms with E-state index in [1.54, 1.807) is 19.1 Å². The minimum absolute atomic E-state index is 0.0730. The van der Waals surface area contributed by atoms with Crippen molar-refractivity contribution in [2.75, 3.05) is 13.2 Å². The van der Waals surface area contributed by atoms with Crippen molar-refractivity contribution in [2.45, 2.75) is 84.7 Å². The molecular weight excluding hydrogens is 348 g/mol. The predicted octanol–water partition coefficient (Wildman–Crippen LogP) is 5.36. The summed E-state index contributed by atoms with van der Waals surface area (Å²) in [7, 11) is -3.30. The lowest BCUT2D eigenvalue weighted by molar-refractivity contribution is -0.112. The van der Waals surface area contributed by atoms with E-state index in [9.17, 15) is 9.59 Å². The molecule has 6 heteroatoms. The molecule has 0 atom stereocenters. The first-order valence-corrected chi connectivity index (χ1v) is 14.7. The van der Waals surface area contributed by atoms with Gasteiger partial charge in [0.25, 0.3) is 0 Å². The SMILES string of the molecule is CC(=O)/C=C/CO[Si](C)(C)C(C)(C)C.CC(C)(C)[Si](C)(C)OCC=O. The first-order valence-electron chi connectivity index (χ1n) is 8.86. The molecule has 0 aromatic heterocycles. The van der Waals surface area contributed by atoms with E-state index in [1.165, 1.54) is 0 Å². The Morgan fingerprint density at radius 2 is 1.20 bits per heavy atom. The summed E-state index contributed by atoms with van der Waals surface area (Å²) in [5.41, 5.74) is 0. The number of aldehydes is 1. The summed E-state index contributed by atoms with van der Waals surface area (Å²) in [6.45, 7) is 24.1. The third-order valence-electron chi connectivity index (χ3n) is 5.02. The van der Waals surface area contributed by atoms with Crippen LogP contribution >= 0.6 is 0 Å². The fourth-order valence-corrected chi connectivity index (χ4v) is 3.01. The highest BCUT2D eigenvalue weighted by atomic mass is 28.4. The second-order valence-electron chi connectivity index (χ2n) is 9.32. The van der Waals surface area contributed by atoms with E-state index < -0.39 is 16.6 Å². The van der Waals surface area contributed by atoms with Gasteiger partial charge >= 0.3 is 0 Å². The molecule has 25 heavy (non-hydrogen) atoms. The first kappa shape index (κ1) is 26.7. The van der Waals surface area contributed by atoms with E-state index in [4.69, 9.17) is 8.85 Å². The zero-order chi connectivity index (χ0) is 20.5. The lowest BCUT2D eigenvalue weighted by Crippen LogP contribution is -2.41. The van der Waals surface area contributed by atoms with Crippen molar-refractivity contribution < 1.29 is 18.4 Å². The van der Waals surface area contributed by atoms with Gasteiger partial charge in [0.05, 0.1) is 13.2 Å². The molecule has 0 radical (unpaired) electrons. The Morgan fingerprint density at radius 3 is 1.48 bits per heavy atom. The van der Waals surface area contributed by atoms with Crippen molar-refractivity contribution in [3.8, 4) is 0 Å². The van der Waals surface area contributed by atoms with Crippen LogP contribution in [-0.2, 0) is 18.4 Å². The van der Waals surface area contributed by atoms with Gasteiger partial charge in [-0.2, -0.15) is 0 Å². The molecule has 0 rings (SSSR count). The Bertz CT molecular complexity index is 441. The summed E-state index contributed by atoms with van der Waals surface area (Å²) in [6.07, 6.45) is 4.18. The topological polar surface area (TPSA) is 52.6 Å². The highest BCUT2D eigenvalue weighted by Gasteiger charge is 2.37. The Hall–Kier alpha value is -0.566. The summed E-state index contributed by atoms with van der Waals surface area (Å²) < 4.78 is 11.4. The molecule has 0 aromatic carbocycles. The van der Waals surface area contributed by atoms with E-state index in [0.29, 0.717) is 6.61 Å². The van der Waals surface area contributed by atoms with Crippen LogP contribution in [0.25, 0.3) is 0 Å². The number of carbonyl (C=O) groups excluding carboxylic acids is 2. The second kappa shape index (κ2) is 10.6. The van der Waals surface area contributed by atoms with Crippen molar-refractivity contribution in [1.82, 2.24) is 0 Å². The Balaban J connectivity index is 0. The third-order valence-corrected chi connectivity index (χ3v) is 14.0. The highest BCUT2D eigenvalue weighted by Crippen LogP contribution is 2.37. The molecule has 0 aliphatic heterocycles. The van der Waals surface area contributed by atoms with Gasteiger partial charge in [0, 0.05) is 0 Å². The number of carbonyl (C=O) groups is 2. The third kappa shape index (κ3) is 11.6. The molecule has 0 spiro atoms. The van der Waals surface area contributed by atoms with Crippen LogP contribution in [0.2, 0.25) is 36.3 Å². The lowest BCUT2D eigenvalue weighted by Gasteiger charge is -2.35. The number of rotatable bonds is 7. The van der Waals surface area contributed by atoms with Gasteiger partial charge in [0.15, 0.2) is 22.4 Å². The average molecular weight is 389 g/mol. The lowest BCUT2D eigenvalue weighted by atomic mass is 10.2. The zero-order valence-electron chi connectivity index (χ0n) is 18.3. The van der Waals surface area contributed by atoms with Gasteiger partial charge in [-0.15, -0.1) is 0 Å².